The van der Waals surface area contributed by atoms with Crippen LogP contribution in [0, 0.1) is 5.92 Å². The fourth-order valence-corrected chi connectivity index (χ4v) is 4.10. The van der Waals surface area contributed by atoms with Gasteiger partial charge in [-0.3, -0.25) is 0 Å². The van der Waals surface area contributed by atoms with E-state index in [1.165, 1.54) is 38.5 Å². The first-order valence-corrected chi connectivity index (χ1v) is 8.77. The molecular weight excluding hydrogens is 250 g/mol. The van der Waals surface area contributed by atoms with E-state index in [-0.39, 0.29) is 5.60 Å². The van der Waals surface area contributed by atoms with Gasteiger partial charge in [-0.15, -0.1) is 0 Å². The van der Waals surface area contributed by atoms with Crippen molar-refractivity contribution >= 4 is 0 Å². The van der Waals surface area contributed by atoms with Gasteiger partial charge in [0.1, 0.15) is 0 Å². The topological polar surface area (TPSA) is 30.5 Å². The van der Waals surface area contributed by atoms with Crippen LogP contribution in [-0.4, -0.2) is 38.0 Å². The molecule has 0 bridgehead atoms. The lowest BCUT2D eigenvalue weighted by atomic mass is 9.73. The molecule has 1 N–H and O–H groups in total. The second kappa shape index (κ2) is 8.35. The highest BCUT2D eigenvalue weighted by Crippen LogP contribution is 2.38. The Kier molecular flexibility index (Phi) is 6.79. The molecule has 0 aromatic heterocycles. The normalized spacial score (nSPS) is 25.5. The summed E-state index contributed by atoms with van der Waals surface area (Å²) in [6.45, 7) is 8.03. The van der Waals surface area contributed by atoms with E-state index in [1.807, 2.05) is 0 Å². The van der Waals surface area contributed by atoms with Crippen LogP contribution in [0.2, 0.25) is 0 Å². The molecule has 0 radical (unpaired) electrons. The maximum atomic E-state index is 6.34. The zero-order valence-corrected chi connectivity index (χ0v) is 13.5. The molecule has 1 atom stereocenters. The lowest BCUT2D eigenvalue weighted by molar-refractivity contribution is -0.138. The van der Waals surface area contributed by atoms with Gasteiger partial charge in [-0.1, -0.05) is 26.2 Å². The number of hydrogen-bond donors (Lipinski definition) is 1. The summed E-state index contributed by atoms with van der Waals surface area (Å²) in [4.78, 5) is 0. The van der Waals surface area contributed by atoms with E-state index in [2.05, 4.69) is 19.2 Å². The predicted octanol–water partition coefficient (Wildman–Crippen LogP) is 3.52. The summed E-state index contributed by atoms with van der Waals surface area (Å²) in [6, 6.07) is 0.520. The fourth-order valence-electron chi connectivity index (χ4n) is 4.10. The molecule has 2 aliphatic rings. The molecule has 3 heteroatoms. The minimum absolute atomic E-state index is 0.0180. The highest BCUT2D eigenvalue weighted by Gasteiger charge is 2.44. The summed E-state index contributed by atoms with van der Waals surface area (Å²) >= 11 is 0. The van der Waals surface area contributed by atoms with E-state index in [9.17, 15) is 0 Å². The third-order valence-corrected chi connectivity index (χ3v) is 5.07. The van der Waals surface area contributed by atoms with Crippen LogP contribution in [-0.2, 0) is 9.47 Å². The molecule has 1 heterocycles. The molecule has 1 saturated carbocycles. The van der Waals surface area contributed by atoms with Crippen molar-refractivity contribution in [2.75, 3.05) is 26.4 Å². The van der Waals surface area contributed by atoms with Crippen molar-refractivity contribution in [3.8, 4) is 0 Å². The Labute approximate surface area is 124 Å². The maximum Gasteiger partial charge on any atom is 0.0881 e. The van der Waals surface area contributed by atoms with Crippen LogP contribution in [0.25, 0.3) is 0 Å². The van der Waals surface area contributed by atoms with Crippen molar-refractivity contribution in [1.82, 2.24) is 5.32 Å². The molecule has 2 rings (SSSR count). The van der Waals surface area contributed by atoms with Crippen LogP contribution in [0.4, 0.5) is 0 Å². The van der Waals surface area contributed by atoms with E-state index in [0.29, 0.717) is 6.04 Å². The lowest BCUT2D eigenvalue weighted by Crippen LogP contribution is -2.59. The first-order chi connectivity index (χ1) is 9.82. The molecule has 20 heavy (non-hydrogen) atoms. The first kappa shape index (κ1) is 16.3. The number of hydrogen-bond acceptors (Lipinski definition) is 3. The minimum Gasteiger partial charge on any atom is -0.381 e. The van der Waals surface area contributed by atoms with Gasteiger partial charge in [0.15, 0.2) is 0 Å². The van der Waals surface area contributed by atoms with Crippen LogP contribution >= 0.6 is 0 Å². The van der Waals surface area contributed by atoms with E-state index in [4.69, 9.17) is 9.47 Å². The quantitative estimate of drug-likeness (QED) is 0.775. The second-order valence-corrected chi connectivity index (χ2v) is 6.44. The van der Waals surface area contributed by atoms with Crippen molar-refractivity contribution in [1.29, 1.82) is 0 Å². The zero-order chi connectivity index (χ0) is 14.3. The van der Waals surface area contributed by atoms with Crippen LogP contribution < -0.4 is 5.32 Å². The molecule has 118 valence electrons. The van der Waals surface area contributed by atoms with Gasteiger partial charge < -0.3 is 14.8 Å². The van der Waals surface area contributed by atoms with Crippen LogP contribution in [0.1, 0.15) is 65.2 Å². The van der Waals surface area contributed by atoms with Gasteiger partial charge in [-0.05, 0) is 38.6 Å². The second-order valence-electron chi connectivity index (χ2n) is 6.44. The van der Waals surface area contributed by atoms with Crippen molar-refractivity contribution in [3.05, 3.63) is 0 Å². The molecule has 1 unspecified atom stereocenters. The SMILES string of the molecule is CCCNC(C1CCCCC1)C1(OCC)CCOCC1. The summed E-state index contributed by atoms with van der Waals surface area (Å²) in [5.41, 5.74) is 0.0180. The van der Waals surface area contributed by atoms with Crippen molar-refractivity contribution in [2.24, 2.45) is 5.92 Å². The molecule has 3 nitrogen and oxygen atoms in total. The number of nitrogens with one attached hydrogen (secondary N) is 1. The Morgan fingerprint density at radius 2 is 1.85 bits per heavy atom. The van der Waals surface area contributed by atoms with Crippen molar-refractivity contribution < 1.29 is 9.47 Å². The molecule has 0 aromatic carbocycles. The number of ether oxygens (including phenoxy) is 2. The molecule has 1 saturated heterocycles. The van der Waals surface area contributed by atoms with E-state index < -0.39 is 0 Å². The van der Waals surface area contributed by atoms with E-state index in [1.54, 1.807) is 0 Å². The maximum absolute atomic E-state index is 6.34. The van der Waals surface area contributed by atoms with Gasteiger partial charge in [-0.2, -0.15) is 0 Å². The lowest BCUT2D eigenvalue weighted by Gasteiger charge is -2.47. The Morgan fingerprint density at radius 1 is 1.15 bits per heavy atom. The molecule has 0 spiro atoms. The zero-order valence-electron chi connectivity index (χ0n) is 13.5. The Hall–Kier alpha value is -0.120. The Morgan fingerprint density at radius 3 is 2.45 bits per heavy atom. The van der Waals surface area contributed by atoms with Gasteiger partial charge in [0.05, 0.1) is 5.60 Å². The smallest absolute Gasteiger partial charge is 0.0881 e. The van der Waals surface area contributed by atoms with Crippen LogP contribution in [0.15, 0.2) is 0 Å². The third kappa shape index (κ3) is 3.96. The summed E-state index contributed by atoms with van der Waals surface area (Å²) < 4.78 is 11.9. The Bertz CT molecular complexity index is 252. The van der Waals surface area contributed by atoms with Gasteiger partial charge in [0.25, 0.3) is 0 Å². The summed E-state index contributed by atoms with van der Waals surface area (Å²) in [7, 11) is 0. The van der Waals surface area contributed by atoms with E-state index >= 15 is 0 Å². The van der Waals surface area contributed by atoms with Crippen molar-refractivity contribution in [2.45, 2.75) is 76.9 Å². The van der Waals surface area contributed by atoms with Gasteiger partial charge >= 0.3 is 0 Å². The standard InChI is InChI=1S/C17H33NO2/c1-3-12-18-16(15-8-6-5-7-9-15)17(20-4-2)10-13-19-14-11-17/h15-16,18H,3-14H2,1-2H3. The molecule has 0 amide bonds. The molecule has 2 fully saturated rings. The summed E-state index contributed by atoms with van der Waals surface area (Å²) in [6.07, 6.45) is 10.3. The minimum atomic E-state index is 0.0180. The number of rotatable bonds is 7. The summed E-state index contributed by atoms with van der Waals surface area (Å²) in [5, 5.41) is 3.85. The molecule has 1 aliphatic carbocycles. The first-order valence-electron chi connectivity index (χ1n) is 8.77. The third-order valence-electron chi connectivity index (χ3n) is 5.07. The largest absolute Gasteiger partial charge is 0.381 e. The van der Waals surface area contributed by atoms with Gasteiger partial charge in [0, 0.05) is 38.7 Å². The average Bonchev–Trinajstić information content (AvgIpc) is 2.50. The van der Waals surface area contributed by atoms with Gasteiger partial charge in [-0.25, -0.2) is 0 Å². The van der Waals surface area contributed by atoms with Crippen LogP contribution in [0.3, 0.4) is 0 Å². The average molecular weight is 283 g/mol. The van der Waals surface area contributed by atoms with Crippen molar-refractivity contribution in [3.63, 3.8) is 0 Å². The monoisotopic (exact) mass is 283 g/mol. The van der Waals surface area contributed by atoms with E-state index in [0.717, 1.165) is 45.1 Å². The Balaban J connectivity index is 2.11. The molecule has 1 aliphatic heterocycles. The molecular formula is C17H33NO2. The fraction of sp³-hybridized carbons (Fsp3) is 1.00. The highest BCUT2D eigenvalue weighted by atomic mass is 16.5. The summed E-state index contributed by atoms with van der Waals surface area (Å²) in [5.74, 6) is 0.792. The predicted molar refractivity (Wildman–Crippen MR) is 83.1 cm³/mol. The van der Waals surface area contributed by atoms with Gasteiger partial charge in [0.2, 0.25) is 0 Å². The molecule has 0 aromatic rings. The highest BCUT2D eigenvalue weighted by molar-refractivity contribution is 4.99. The van der Waals surface area contributed by atoms with Crippen LogP contribution in [0.5, 0.6) is 0 Å².